The molecule has 12 heteroatoms. The van der Waals surface area contributed by atoms with E-state index in [0.717, 1.165) is 18.2 Å². The maximum Gasteiger partial charge on any atom is 0.298 e. The number of para-hydroxylation sites is 1. The van der Waals surface area contributed by atoms with Gasteiger partial charge in [0, 0.05) is 29.9 Å². The quantitative estimate of drug-likeness (QED) is 0.0355. The summed E-state index contributed by atoms with van der Waals surface area (Å²) in [7, 11) is 1.65. The first-order chi connectivity index (χ1) is 20.4. The molecule has 0 saturated carbocycles. The van der Waals surface area contributed by atoms with Crippen LogP contribution in [0.1, 0.15) is 40.1 Å². The Morgan fingerprint density at radius 2 is 1.58 bits per heavy atom. The summed E-state index contributed by atoms with van der Waals surface area (Å²) in [4.78, 5) is 44.2. The summed E-state index contributed by atoms with van der Waals surface area (Å²) in [6.07, 6.45) is 6.21. The molecule has 3 aromatic carbocycles. The lowest BCUT2D eigenvalue weighted by Gasteiger charge is -2.21. The molecular weight excluding hydrogens is 552 g/mol. The molecule has 0 aliphatic heterocycles. The number of nitrogens with two attached hydrogens (primary N) is 1. The number of nitro groups is 2. The number of allylic oxidation sites excluding steroid dienone is 4. The first-order valence-corrected chi connectivity index (χ1v) is 12.7. The van der Waals surface area contributed by atoms with Crippen LogP contribution < -0.4 is 11.1 Å². The summed E-state index contributed by atoms with van der Waals surface area (Å²) in [6.45, 7) is 11.7. The van der Waals surface area contributed by atoms with E-state index < -0.39 is 15.5 Å². The monoisotopic (exact) mass is 586 g/mol. The van der Waals surface area contributed by atoms with Gasteiger partial charge in [0.1, 0.15) is 5.69 Å². The van der Waals surface area contributed by atoms with Crippen molar-refractivity contribution in [2.24, 2.45) is 0 Å². The van der Waals surface area contributed by atoms with Gasteiger partial charge in [0.05, 0.1) is 33.9 Å². The molecule has 0 aromatic heterocycles. The zero-order chi connectivity index (χ0) is 32.5. The van der Waals surface area contributed by atoms with Crippen molar-refractivity contribution in [1.29, 1.82) is 5.41 Å². The van der Waals surface area contributed by atoms with E-state index in [2.05, 4.69) is 18.5 Å². The fourth-order valence-corrected chi connectivity index (χ4v) is 3.21. The van der Waals surface area contributed by atoms with E-state index in [9.17, 15) is 29.8 Å². The smallest absolute Gasteiger partial charge is 0.298 e. The summed E-state index contributed by atoms with van der Waals surface area (Å²) < 4.78 is 0. The Labute approximate surface area is 249 Å². The number of anilines is 2. The highest BCUT2D eigenvalue weighted by Gasteiger charge is 2.17. The van der Waals surface area contributed by atoms with Crippen molar-refractivity contribution in [3.63, 3.8) is 0 Å². The molecule has 0 unspecified atom stereocenters. The molecule has 0 aliphatic rings. The van der Waals surface area contributed by atoms with Gasteiger partial charge in [-0.05, 0) is 37.6 Å². The molecule has 224 valence electrons. The second-order valence-corrected chi connectivity index (χ2v) is 8.62. The highest BCUT2D eigenvalue weighted by Crippen LogP contribution is 2.26. The number of rotatable bonds is 10. The van der Waals surface area contributed by atoms with Crippen LogP contribution in [0.2, 0.25) is 0 Å². The number of carbonyl (C=O) groups is 2. The van der Waals surface area contributed by atoms with Gasteiger partial charge in [-0.2, -0.15) is 0 Å². The van der Waals surface area contributed by atoms with Crippen LogP contribution in [0.3, 0.4) is 0 Å². The molecule has 43 heavy (non-hydrogen) atoms. The summed E-state index contributed by atoms with van der Waals surface area (Å²) in [5.74, 6) is -0.261. The number of hydrogen-bond acceptors (Lipinski definition) is 9. The van der Waals surface area contributed by atoms with Gasteiger partial charge in [0.2, 0.25) is 0 Å². The van der Waals surface area contributed by atoms with E-state index in [4.69, 9.17) is 11.1 Å². The van der Waals surface area contributed by atoms with Gasteiger partial charge in [-0.25, -0.2) is 0 Å². The van der Waals surface area contributed by atoms with Crippen molar-refractivity contribution in [3.8, 4) is 0 Å². The Morgan fingerprint density at radius 1 is 1.00 bits per heavy atom. The normalized spacial score (nSPS) is 9.74. The minimum absolute atomic E-state index is 0.0874. The summed E-state index contributed by atoms with van der Waals surface area (Å²) >= 11 is 0. The van der Waals surface area contributed by atoms with E-state index in [-0.39, 0.29) is 29.7 Å². The Hall–Kier alpha value is -5.91. The van der Waals surface area contributed by atoms with Crippen molar-refractivity contribution in [1.82, 2.24) is 4.90 Å². The van der Waals surface area contributed by atoms with Gasteiger partial charge in [-0.1, -0.05) is 67.8 Å². The molecule has 0 radical (unpaired) electrons. The number of aldehydes is 1. The number of nitrogens with zero attached hydrogens (tertiary/aromatic N) is 3. The Morgan fingerprint density at radius 3 is 2.12 bits per heavy atom. The Balaban J connectivity index is 0.000000451. The molecular formula is C31H34N6O6. The van der Waals surface area contributed by atoms with Crippen molar-refractivity contribution >= 4 is 40.7 Å². The van der Waals surface area contributed by atoms with Gasteiger partial charge >= 0.3 is 0 Å². The molecule has 3 aromatic rings. The van der Waals surface area contributed by atoms with Crippen LogP contribution in [0.4, 0.5) is 22.7 Å². The second-order valence-electron chi connectivity index (χ2n) is 8.62. The molecule has 0 spiro atoms. The number of nitrogens with one attached hydrogen (secondary N) is 2. The lowest BCUT2D eigenvalue weighted by Crippen LogP contribution is -2.32. The summed E-state index contributed by atoms with van der Waals surface area (Å²) in [6, 6.07) is 17.1. The maximum absolute atomic E-state index is 12.6. The van der Waals surface area contributed by atoms with Crippen molar-refractivity contribution in [2.75, 3.05) is 24.8 Å². The molecule has 0 aliphatic carbocycles. The Bertz CT molecular complexity index is 1530. The molecule has 0 heterocycles. The number of nitrogen functional groups attached to an aromatic ring is 1. The molecule has 12 nitrogen and oxygen atoms in total. The van der Waals surface area contributed by atoms with Gasteiger partial charge < -0.3 is 16.0 Å². The first kappa shape index (κ1) is 35.1. The standard InChI is InChI=1S/C21H21N3O2.C6H5N3O4.C4H8/c1-4-15(2)20(22)18-11-7-8-12-19(18)23-14-24(3)21(26)17-10-6-5-9-16(17)13-25;7-5-2-1-4(8(10)11)3-6(5)9(12)13;1-3-4-2/h4-13,22-23H,1-2,14H2,3H3;1-3H,7H2;3-4H,1-2H3/b;;4-3-. The minimum Gasteiger partial charge on any atom is -0.393 e. The van der Waals surface area contributed by atoms with Crippen LogP contribution in [0.25, 0.3) is 0 Å². The first-order valence-electron chi connectivity index (χ1n) is 12.7. The molecule has 4 N–H and O–H groups in total. The number of amides is 1. The highest BCUT2D eigenvalue weighted by atomic mass is 16.6. The second kappa shape index (κ2) is 17.7. The maximum atomic E-state index is 12.6. The largest absolute Gasteiger partial charge is 0.393 e. The Kier molecular flexibility index (Phi) is 14.5. The van der Waals surface area contributed by atoms with Gasteiger partial charge in [0.15, 0.2) is 6.29 Å². The van der Waals surface area contributed by atoms with Crippen LogP contribution >= 0.6 is 0 Å². The van der Waals surface area contributed by atoms with Crippen LogP contribution in [0.5, 0.6) is 0 Å². The average Bonchev–Trinajstić information content (AvgIpc) is 3.02. The van der Waals surface area contributed by atoms with Gasteiger partial charge in [0.25, 0.3) is 17.3 Å². The lowest BCUT2D eigenvalue weighted by atomic mass is 10.0. The van der Waals surface area contributed by atoms with Gasteiger partial charge in [-0.3, -0.25) is 35.2 Å². The molecule has 3 rings (SSSR count). The number of hydrogen-bond donors (Lipinski definition) is 3. The number of nitro benzene ring substituents is 2. The van der Waals surface area contributed by atoms with Crippen molar-refractivity contribution in [2.45, 2.75) is 13.8 Å². The predicted molar refractivity (Wildman–Crippen MR) is 170 cm³/mol. The van der Waals surface area contributed by atoms with Crippen LogP contribution in [-0.2, 0) is 0 Å². The molecule has 0 atom stereocenters. The SMILES string of the molecule is C/C=C\C.C=CC(=C)C(=N)c1ccccc1NCN(C)C(=O)c1ccccc1C=O.Nc1ccc([N+](=O)[O-])cc1[N+](=O)[O-]. The van der Waals surface area contributed by atoms with Crippen LogP contribution in [0.15, 0.2) is 104 Å². The predicted octanol–water partition coefficient (Wildman–Crippen LogP) is 6.42. The third-order valence-electron chi connectivity index (χ3n) is 5.69. The molecule has 0 saturated heterocycles. The molecule has 0 bridgehead atoms. The zero-order valence-corrected chi connectivity index (χ0v) is 24.2. The van der Waals surface area contributed by atoms with E-state index in [1.807, 2.05) is 50.3 Å². The van der Waals surface area contributed by atoms with Crippen molar-refractivity contribution in [3.05, 3.63) is 141 Å². The fraction of sp³-hybridized carbons (Fsp3) is 0.129. The van der Waals surface area contributed by atoms with Crippen LogP contribution in [-0.4, -0.2) is 46.4 Å². The fourth-order valence-electron chi connectivity index (χ4n) is 3.21. The lowest BCUT2D eigenvalue weighted by molar-refractivity contribution is -0.393. The zero-order valence-electron chi connectivity index (χ0n) is 24.2. The highest BCUT2D eigenvalue weighted by molar-refractivity contribution is 6.15. The minimum atomic E-state index is -0.762. The molecule has 1 amide bonds. The average molecular weight is 587 g/mol. The van der Waals surface area contributed by atoms with E-state index in [0.29, 0.717) is 34.2 Å². The van der Waals surface area contributed by atoms with E-state index in [1.54, 1.807) is 31.3 Å². The third kappa shape index (κ3) is 10.5. The van der Waals surface area contributed by atoms with Crippen LogP contribution in [0, 0.1) is 25.6 Å². The number of carbonyl (C=O) groups excluding carboxylic acids is 2. The summed E-state index contributed by atoms with van der Waals surface area (Å²) in [5, 5.41) is 31.9. The van der Waals surface area contributed by atoms with Crippen molar-refractivity contribution < 1.29 is 19.4 Å². The summed E-state index contributed by atoms with van der Waals surface area (Å²) in [5.41, 5.74) is 7.22. The number of non-ortho nitro benzene ring substituents is 1. The third-order valence-corrected chi connectivity index (χ3v) is 5.69. The van der Waals surface area contributed by atoms with E-state index >= 15 is 0 Å². The van der Waals surface area contributed by atoms with Gasteiger partial charge in [-0.15, -0.1) is 0 Å². The van der Waals surface area contributed by atoms with E-state index in [1.165, 1.54) is 11.0 Å². The molecule has 0 fully saturated rings. The topological polar surface area (TPSA) is 186 Å². The number of benzene rings is 3.